The lowest BCUT2D eigenvalue weighted by Crippen LogP contribution is -2.49. The number of amides is 2. The van der Waals surface area contributed by atoms with Gasteiger partial charge in [0, 0.05) is 25.6 Å². The predicted octanol–water partition coefficient (Wildman–Crippen LogP) is 4.87. The highest BCUT2D eigenvalue weighted by molar-refractivity contribution is 5.89. The number of allylic oxidation sites excluding steroid dienone is 2. The molecule has 1 heterocycles. The van der Waals surface area contributed by atoms with Gasteiger partial charge in [0.2, 0.25) is 11.8 Å². The minimum atomic E-state index is -4.69. The van der Waals surface area contributed by atoms with Crippen molar-refractivity contribution in [2.75, 3.05) is 19.6 Å². The van der Waals surface area contributed by atoms with Crippen LogP contribution in [0.15, 0.2) is 48.7 Å². The van der Waals surface area contributed by atoms with Crippen molar-refractivity contribution in [2.45, 2.75) is 63.2 Å². The van der Waals surface area contributed by atoms with E-state index < -0.39 is 36.4 Å². The molecule has 34 heavy (non-hydrogen) atoms. The highest BCUT2D eigenvalue weighted by atomic mass is 19.4. The summed E-state index contributed by atoms with van der Waals surface area (Å²) in [4.78, 5) is 28.9. The molecule has 1 fully saturated rings. The van der Waals surface area contributed by atoms with Gasteiger partial charge in [0.25, 0.3) is 0 Å². The number of rotatable bonds is 9. The van der Waals surface area contributed by atoms with Crippen LogP contribution >= 0.6 is 0 Å². The lowest BCUT2D eigenvalue weighted by Gasteiger charge is -2.34. The molecule has 1 aliphatic carbocycles. The molecule has 1 aromatic carbocycles. The first-order chi connectivity index (χ1) is 16.2. The maximum absolute atomic E-state index is 13.5. The van der Waals surface area contributed by atoms with Gasteiger partial charge in [-0.05, 0) is 49.2 Å². The summed E-state index contributed by atoms with van der Waals surface area (Å²) in [5.41, 5.74) is 0.149. The molecule has 1 unspecified atom stereocenters. The van der Waals surface area contributed by atoms with Crippen molar-refractivity contribution in [3.05, 3.63) is 60.1 Å². The number of halogens is 4. The quantitative estimate of drug-likeness (QED) is 0.512. The van der Waals surface area contributed by atoms with E-state index in [1.54, 1.807) is 0 Å². The molecular formula is C25H31F4N3O2. The third-order valence-corrected chi connectivity index (χ3v) is 6.09. The standard InChI is InChI=1S/C25H31F4N3O2/c26-20-13-11-19(12-14-20)23(24(34)30-21-8-3-1-4-9-21)32(18-25(27,28)29)22(33)10-7-17-31-15-5-2-6-16-31/h2,5-6,11-15,21,23H,1,3-4,7-10,16-18H2,(H,30,34). The number of benzene rings is 1. The lowest BCUT2D eigenvalue weighted by atomic mass is 9.94. The van der Waals surface area contributed by atoms with Crippen LogP contribution in [0.25, 0.3) is 0 Å². The van der Waals surface area contributed by atoms with Crippen LogP contribution < -0.4 is 5.32 Å². The predicted molar refractivity (Wildman–Crippen MR) is 121 cm³/mol. The Bertz CT molecular complexity index is 877. The molecule has 0 aromatic heterocycles. The second-order valence-electron chi connectivity index (χ2n) is 8.80. The molecule has 1 aromatic rings. The van der Waals surface area contributed by atoms with Gasteiger partial charge in [0.05, 0.1) is 0 Å². The summed E-state index contributed by atoms with van der Waals surface area (Å²) in [5.74, 6) is -2.00. The zero-order valence-corrected chi connectivity index (χ0v) is 19.1. The Balaban J connectivity index is 1.80. The molecule has 1 atom stereocenters. The highest BCUT2D eigenvalue weighted by Gasteiger charge is 2.40. The van der Waals surface area contributed by atoms with Crippen molar-refractivity contribution in [1.82, 2.24) is 15.1 Å². The monoisotopic (exact) mass is 481 g/mol. The van der Waals surface area contributed by atoms with Gasteiger partial charge in [-0.1, -0.05) is 43.5 Å². The molecule has 1 saturated carbocycles. The van der Waals surface area contributed by atoms with Crippen molar-refractivity contribution in [2.24, 2.45) is 0 Å². The Kier molecular flexibility index (Phi) is 9.12. The number of alkyl halides is 3. The van der Waals surface area contributed by atoms with Gasteiger partial charge < -0.3 is 15.1 Å². The number of hydrogen-bond acceptors (Lipinski definition) is 3. The Hall–Kier alpha value is -2.84. The van der Waals surface area contributed by atoms with Gasteiger partial charge in [0.15, 0.2) is 0 Å². The van der Waals surface area contributed by atoms with Gasteiger partial charge in [-0.25, -0.2) is 4.39 Å². The molecule has 1 N–H and O–H groups in total. The number of nitrogens with zero attached hydrogens (tertiary/aromatic N) is 2. The second kappa shape index (κ2) is 12.0. The molecule has 0 saturated heterocycles. The van der Waals surface area contributed by atoms with Crippen molar-refractivity contribution < 1.29 is 27.2 Å². The summed E-state index contributed by atoms with van der Waals surface area (Å²) in [6.45, 7) is -0.390. The summed E-state index contributed by atoms with van der Waals surface area (Å²) in [7, 11) is 0. The minimum absolute atomic E-state index is 0.140. The fourth-order valence-corrected chi connectivity index (χ4v) is 4.41. The van der Waals surface area contributed by atoms with E-state index >= 15 is 0 Å². The molecule has 0 bridgehead atoms. The molecule has 3 rings (SSSR count). The number of nitrogens with one attached hydrogen (secondary N) is 1. The maximum Gasteiger partial charge on any atom is 0.406 e. The summed E-state index contributed by atoms with van der Waals surface area (Å²) in [6, 6.07) is 3.07. The van der Waals surface area contributed by atoms with E-state index in [9.17, 15) is 27.2 Å². The molecule has 9 heteroatoms. The van der Waals surface area contributed by atoms with Gasteiger partial charge in [0.1, 0.15) is 18.4 Å². The Morgan fingerprint density at radius 2 is 1.79 bits per heavy atom. The summed E-state index contributed by atoms with van der Waals surface area (Å²) < 4.78 is 54.1. The minimum Gasteiger partial charge on any atom is -0.374 e. The van der Waals surface area contributed by atoms with Crippen molar-refractivity contribution in [1.29, 1.82) is 0 Å². The molecule has 0 spiro atoms. The fraction of sp³-hybridized carbons (Fsp3) is 0.520. The number of carbonyl (C=O) groups excluding carboxylic acids is 2. The van der Waals surface area contributed by atoms with Crippen LogP contribution in [-0.2, 0) is 9.59 Å². The van der Waals surface area contributed by atoms with E-state index in [1.165, 1.54) is 12.1 Å². The van der Waals surface area contributed by atoms with Crippen molar-refractivity contribution in [3.8, 4) is 0 Å². The van der Waals surface area contributed by atoms with E-state index in [0.29, 0.717) is 24.4 Å². The Morgan fingerprint density at radius 1 is 1.09 bits per heavy atom. The molecule has 2 aliphatic rings. The molecule has 2 amide bonds. The van der Waals surface area contributed by atoms with Crippen LogP contribution in [0, 0.1) is 5.82 Å². The fourth-order valence-electron chi connectivity index (χ4n) is 4.41. The summed E-state index contributed by atoms with van der Waals surface area (Å²) in [5, 5.41) is 2.84. The highest BCUT2D eigenvalue weighted by Crippen LogP contribution is 2.29. The third kappa shape index (κ3) is 7.88. The van der Waals surface area contributed by atoms with Gasteiger partial charge in [-0.2, -0.15) is 13.2 Å². The van der Waals surface area contributed by atoms with E-state index in [0.717, 1.165) is 44.2 Å². The Labute approximate surface area is 197 Å². The van der Waals surface area contributed by atoms with E-state index in [4.69, 9.17) is 0 Å². The first kappa shape index (κ1) is 25.8. The van der Waals surface area contributed by atoms with E-state index in [1.807, 2.05) is 29.3 Å². The number of hydrogen-bond donors (Lipinski definition) is 1. The Morgan fingerprint density at radius 3 is 2.41 bits per heavy atom. The third-order valence-electron chi connectivity index (χ3n) is 6.09. The first-order valence-corrected chi connectivity index (χ1v) is 11.7. The molecule has 0 radical (unpaired) electrons. The SMILES string of the molecule is O=C(NC1CCCCC1)C(c1ccc(F)cc1)N(CC(F)(F)F)C(=O)CCCN1C=CC=CC1. The van der Waals surface area contributed by atoms with Gasteiger partial charge in [-0.3, -0.25) is 9.59 Å². The molecule has 1 aliphatic heterocycles. The normalized spacial score (nSPS) is 17.5. The van der Waals surface area contributed by atoms with Crippen LogP contribution in [0.4, 0.5) is 17.6 Å². The molecular weight excluding hydrogens is 450 g/mol. The maximum atomic E-state index is 13.5. The van der Waals surface area contributed by atoms with E-state index in [2.05, 4.69) is 5.32 Å². The number of carbonyl (C=O) groups is 2. The first-order valence-electron chi connectivity index (χ1n) is 11.7. The van der Waals surface area contributed by atoms with Gasteiger partial charge >= 0.3 is 6.18 Å². The van der Waals surface area contributed by atoms with Gasteiger partial charge in [-0.15, -0.1) is 0 Å². The topological polar surface area (TPSA) is 52.7 Å². The van der Waals surface area contributed by atoms with Crippen LogP contribution in [0.2, 0.25) is 0 Å². The smallest absolute Gasteiger partial charge is 0.374 e. The van der Waals surface area contributed by atoms with Crippen LogP contribution in [0.3, 0.4) is 0 Å². The molecule has 5 nitrogen and oxygen atoms in total. The van der Waals surface area contributed by atoms with E-state index in [-0.39, 0.29) is 18.0 Å². The second-order valence-corrected chi connectivity index (χ2v) is 8.80. The zero-order valence-electron chi connectivity index (χ0n) is 19.1. The average Bonchev–Trinajstić information content (AvgIpc) is 2.80. The van der Waals surface area contributed by atoms with Crippen LogP contribution in [-0.4, -0.2) is 53.5 Å². The zero-order chi connectivity index (χ0) is 24.6. The summed E-state index contributed by atoms with van der Waals surface area (Å²) >= 11 is 0. The summed E-state index contributed by atoms with van der Waals surface area (Å²) in [6.07, 6.45) is 7.44. The largest absolute Gasteiger partial charge is 0.406 e. The van der Waals surface area contributed by atoms with Crippen LogP contribution in [0.1, 0.15) is 56.6 Å². The van der Waals surface area contributed by atoms with Crippen molar-refractivity contribution >= 4 is 11.8 Å². The lowest BCUT2D eigenvalue weighted by molar-refractivity contribution is -0.169. The molecule has 186 valence electrons. The van der Waals surface area contributed by atoms with Crippen LogP contribution in [0.5, 0.6) is 0 Å². The van der Waals surface area contributed by atoms with Crippen molar-refractivity contribution in [3.63, 3.8) is 0 Å². The average molecular weight is 482 g/mol.